The third kappa shape index (κ3) is 4.70. The molecule has 0 saturated heterocycles. The minimum Gasteiger partial charge on any atom is -0.496 e. The molecule has 0 aliphatic rings. The number of rotatable bonds is 8. The van der Waals surface area contributed by atoms with Gasteiger partial charge in [0.15, 0.2) is 0 Å². The molecule has 0 aliphatic heterocycles. The van der Waals surface area contributed by atoms with E-state index in [1.54, 1.807) is 7.11 Å². The summed E-state index contributed by atoms with van der Waals surface area (Å²) in [6, 6.07) is 15.3. The maximum Gasteiger partial charge on any atom is 0.226 e. The van der Waals surface area contributed by atoms with Crippen LogP contribution in [0.1, 0.15) is 31.1 Å². The number of methoxy groups -OCH3 is 1. The number of carbonyl (C=O) groups excluding carboxylic acids is 1. The molecule has 1 N–H and O–H groups in total. The molecule has 0 radical (unpaired) electrons. The molecule has 28 heavy (non-hydrogen) atoms. The van der Waals surface area contributed by atoms with Crippen LogP contribution in [0.5, 0.6) is 11.5 Å². The van der Waals surface area contributed by atoms with Gasteiger partial charge in [-0.25, -0.2) is 4.98 Å². The fourth-order valence-corrected chi connectivity index (χ4v) is 3.84. The van der Waals surface area contributed by atoms with E-state index in [9.17, 15) is 4.79 Å². The number of carbonyl (C=O) groups is 1. The summed E-state index contributed by atoms with van der Waals surface area (Å²) in [5.74, 6) is 1.49. The van der Waals surface area contributed by atoms with E-state index in [1.807, 2.05) is 67.8 Å². The second kappa shape index (κ2) is 9.37. The highest BCUT2D eigenvalue weighted by atomic mass is 32.1. The van der Waals surface area contributed by atoms with Crippen LogP contribution in [0.15, 0.2) is 53.9 Å². The Labute approximate surface area is 169 Å². The fourth-order valence-electron chi connectivity index (χ4n) is 3.00. The summed E-state index contributed by atoms with van der Waals surface area (Å²) in [5, 5.41) is 5.79. The van der Waals surface area contributed by atoms with Crippen LogP contribution >= 0.6 is 11.3 Å². The van der Waals surface area contributed by atoms with Gasteiger partial charge < -0.3 is 14.8 Å². The molecule has 6 heteroatoms. The summed E-state index contributed by atoms with van der Waals surface area (Å²) < 4.78 is 11.1. The lowest BCUT2D eigenvalue weighted by atomic mass is 10.1. The van der Waals surface area contributed by atoms with Gasteiger partial charge in [0.1, 0.15) is 16.5 Å². The zero-order valence-corrected chi connectivity index (χ0v) is 17.1. The van der Waals surface area contributed by atoms with E-state index in [4.69, 9.17) is 9.47 Å². The van der Waals surface area contributed by atoms with Crippen LogP contribution in [0.2, 0.25) is 0 Å². The van der Waals surface area contributed by atoms with Crippen molar-refractivity contribution in [3.63, 3.8) is 0 Å². The molecule has 0 spiro atoms. The molecule has 146 valence electrons. The van der Waals surface area contributed by atoms with E-state index < -0.39 is 0 Å². The van der Waals surface area contributed by atoms with Crippen molar-refractivity contribution in [1.82, 2.24) is 10.3 Å². The van der Waals surface area contributed by atoms with Crippen LogP contribution in [0.25, 0.3) is 10.6 Å². The maximum atomic E-state index is 12.5. The number of hydrogen-bond acceptors (Lipinski definition) is 5. The van der Waals surface area contributed by atoms with Gasteiger partial charge >= 0.3 is 0 Å². The second-order valence-electron chi connectivity index (χ2n) is 6.28. The topological polar surface area (TPSA) is 60.5 Å². The molecular formula is C22H24N2O3S. The van der Waals surface area contributed by atoms with Crippen molar-refractivity contribution in [3.8, 4) is 22.1 Å². The normalized spacial score (nSPS) is 11.7. The molecule has 1 atom stereocenters. The van der Waals surface area contributed by atoms with Crippen LogP contribution in [0, 0.1) is 0 Å². The van der Waals surface area contributed by atoms with Crippen LogP contribution < -0.4 is 14.8 Å². The lowest BCUT2D eigenvalue weighted by Gasteiger charge is -2.17. The van der Waals surface area contributed by atoms with Gasteiger partial charge in [-0.2, -0.15) is 0 Å². The van der Waals surface area contributed by atoms with Gasteiger partial charge in [0.25, 0.3) is 0 Å². The number of hydrogen-bond donors (Lipinski definition) is 1. The average Bonchev–Trinajstić information content (AvgIpc) is 3.16. The predicted octanol–water partition coefficient (Wildman–Crippen LogP) is 4.64. The highest BCUT2D eigenvalue weighted by molar-refractivity contribution is 7.13. The van der Waals surface area contributed by atoms with Gasteiger partial charge in [-0.15, -0.1) is 11.3 Å². The maximum absolute atomic E-state index is 12.5. The van der Waals surface area contributed by atoms with Crippen molar-refractivity contribution < 1.29 is 14.3 Å². The first-order valence-corrected chi connectivity index (χ1v) is 10.1. The Morgan fingerprint density at radius 3 is 2.61 bits per heavy atom. The lowest BCUT2D eigenvalue weighted by Crippen LogP contribution is -2.28. The molecule has 2 aromatic carbocycles. The molecule has 0 fully saturated rings. The number of nitrogens with one attached hydrogen (secondary N) is 1. The van der Waals surface area contributed by atoms with Crippen molar-refractivity contribution in [2.45, 2.75) is 26.3 Å². The van der Waals surface area contributed by atoms with Crippen molar-refractivity contribution >= 4 is 17.2 Å². The summed E-state index contributed by atoms with van der Waals surface area (Å²) in [7, 11) is 1.63. The largest absolute Gasteiger partial charge is 0.496 e. The van der Waals surface area contributed by atoms with Gasteiger partial charge in [-0.3, -0.25) is 4.79 Å². The van der Waals surface area contributed by atoms with Gasteiger partial charge in [-0.1, -0.05) is 30.3 Å². The highest BCUT2D eigenvalue weighted by Crippen LogP contribution is 2.32. The van der Waals surface area contributed by atoms with Crippen LogP contribution in [0.3, 0.4) is 0 Å². The number of benzene rings is 2. The fraction of sp³-hybridized carbons (Fsp3) is 0.273. The minimum atomic E-state index is -0.152. The molecule has 0 saturated carbocycles. The third-order valence-electron chi connectivity index (χ3n) is 4.29. The number of para-hydroxylation sites is 2. The van der Waals surface area contributed by atoms with Gasteiger partial charge in [0, 0.05) is 10.9 Å². The molecule has 5 nitrogen and oxygen atoms in total. The number of nitrogens with zero attached hydrogens (tertiary/aromatic N) is 1. The quantitative estimate of drug-likeness (QED) is 0.603. The molecular weight excluding hydrogens is 372 g/mol. The lowest BCUT2D eigenvalue weighted by molar-refractivity contribution is -0.121. The minimum absolute atomic E-state index is 0.0756. The number of amides is 1. The standard InChI is InChI=1S/C22H24N2O3S/c1-4-27-20-12-8-6-10-18(20)22-24-16(14-28-22)13-21(25)23-15(2)17-9-5-7-11-19(17)26-3/h5-12,14-15H,4,13H2,1-3H3,(H,23,25). The summed E-state index contributed by atoms with van der Waals surface area (Å²) in [5.41, 5.74) is 2.64. The van der Waals surface area contributed by atoms with Crippen molar-refractivity contribution in [2.75, 3.05) is 13.7 Å². The Morgan fingerprint density at radius 2 is 1.86 bits per heavy atom. The number of thiazole rings is 1. The van der Waals surface area contributed by atoms with E-state index in [0.29, 0.717) is 6.61 Å². The average molecular weight is 397 g/mol. The van der Waals surface area contributed by atoms with Crippen LogP contribution in [-0.2, 0) is 11.2 Å². The molecule has 1 amide bonds. The predicted molar refractivity (Wildman–Crippen MR) is 112 cm³/mol. The van der Waals surface area contributed by atoms with E-state index in [0.717, 1.165) is 33.3 Å². The van der Waals surface area contributed by atoms with Crippen molar-refractivity contribution in [1.29, 1.82) is 0 Å². The first-order chi connectivity index (χ1) is 13.6. The van der Waals surface area contributed by atoms with Crippen molar-refractivity contribution in [2.24, 2.45) is 0 Å². The molecule has 0 bridgehead atoms. The Kier molecular flexibility index (Phi) is 6.66. The highest BCUT2D eigenvalue weighted by Gasteiger charge is 2.16. The molecule has 0 aliphatic carbocycles. The smallest absolute Gasteiger partial charge is 0.226 e. The van der Waals surface area contributed by atoms with E-state index >= 15 is 0 Å². The van der Waals surface area contributed by atoms with E-state index in [1.165, 1.54) is 11.3 Å². The number of aromatic nitrogens is 1. The summed E-state index contributed by atoms with van der Waals surface area (Å²) >= 11 is 1.51. The van der Waals surface area contributed by atoms with Gasteiger partial charge in [0.2, 0.25) is 5.91 Å². The molecule has 3 rings (SSSR count). The SMILES string of the molecule is CCOc1ccccc1-c1nc(CC(=O)NC(C)c2ccccc2OC)cs1. The summed E-state index contributed by atoms with van der Waals surface area (Å²) in [6.45, 7) is 4.50. The van der Waals surface area contributed by atoms with Crippen LogP contribution in [0.4, 0.5) is 0 Å². The van der Waals surface area contributed by atoms with Gasteiger partial charge in [-0.05, 0) is 32.0 Å². The second-order valence-corrected chi connectivity index (χ2v) is 7.14. The number of ether oxygens (including phenoxy) is 2. The summed E-state index contributed by atoms with van der Waals surface area (Å²) in [4.78, 5) is 17.1. The zero-order valence-electron chi connectivity index (χ0n) is 16.3. The monoisotopic (exact) mass is 396 g/mol. The van der Waals surface area contributed by atoms with Crippen LogP contribution in [-0.4, -0.2) is 24.6 Å². The first kappa shape index (κ1) is 19.9. The Morgan fingerprint density at radius 1 is 1.14 bits per heavy atom. The van der Waals surface area contributed by atoms with Crippen molar-refractivity contribution in [3.05, 3.63) is 65.2 Å². The van der Waals surface area contributed by atoms with E-state index in [-0.39, 0.29) is 18.4 Å². The molecule has 1 unspecified atom stereocenters. The van der Waals surface area contributed by atoms with Gasteiger partial charge in [0.05, 0.1) is 37.4 Å². The first-order valence-electron chi connectivity index (χ1n) is 9.21. The molecule has 1 heterocycles. The molecule has 3 aromatic rings. The molecule has 1 aromatic heterocycles. The Hall–Kier alpha value is -2.86. The van der Waals surface area contributed by atoms with E-state index in [2.05, 4.69) is 10.3 Å². The third-order valence-corrected chi connectivity index (χ3v) is 5.22. The Bertz CT molecular complexity index is 939. The summed E-state index contributed by atoms with van der Waals surface area (Å²) in [6.07, 6.45) is 0.229. The zero-order chi connectivity index (χ0) is 19.9. The Balaban J connectivity index is 1.67.